The maximum absolute atomic E-state index is 13.4. The van der Waals surface area contributed by atoms with E-state index in [-0.39, 0.29) is 11.3 Å². The summed E-state index contributed by atoms with van der Waals surface area (Å²) in [6.07, 6.45) is 0.852. The molecule has 1 amide bonds. The van der Waals surface area contributed by atoms with Crippen LogP contribution in [0.1, 0.15) is 36.6 Å². The van der Waals surface area contributed by atoms with Gasteiger partial charge in [-0.15, -0.1) is 0 Å². The number of anilines is 1. The molecule has 182 valence electrons. The van der Waals surface area contributed by atoms with Crippen molar-refractivity contribution in [1.29, 1.82) is 0 Å². The molecule has 1 fully saturated rings. The Labute approximate surface area is 217 Å². The monoisotopic (exact) mass is 518 g/mol. The Morgan fingerprint density at radius 3 is 2.44 bits per heavy atom. The zero-order chi connectivity index (χ0) is 25.4. The van der Waals surface area contributed by atoms with Crippen LogP contribution in [0.2, 0.25) is 5.02 Å². The molecule has 0 radical (unpaired) electrons. The van der Waals surface area contributed by atoms with Gasteiger partial charge in [0, 0.05) is 10.6 Å². The number of carbonyl (C=O) groups excluding carboxylic acids is 2. The number of hydrogen-bond acceptors (Lipinski definition) is 6. The summed E-state index contributed by atoms with van der Waals surface area (Å²) < 4.78 is 6.43. The van der Waals surface area contributed by atoms with Crippen molar-refractivity contribution in [1.82, 2.24) is 4.98 Å². The molecule has 3 aromatic carbocycles. The van der Waals surface area contributed by atoms with Gasteiger partial charge in [0.15, 0.2) is 5.13 Å². The van der Waals surface area contributed by atoms with Crippen LogP contribution >= 0.6 is 22.9 Å². The number of thiazole rings is 1. The molecule has 36 heavy (non-hydrogen) atoms. The van der Waals surface area contributed by atoms with E-state index in [0.29, 0.717) is 39.2 Å². The standard InChI is InChI=1S/C28H23ClN2O4S/c1-3-16-5-7-17(8-6-16)24-23(25(32)18-9-11-19(29)12-10-18)26(33)27(34)31(24)28-30-21-14-13-20(35-4-2)15-22(21)36-28/h5-15,24,32H,3-4H2,1-2H3. The molecule has 8 heteroatoms. The minimum Gasteiger partial charge on any atom is -0.507 e. The summed E-state index contributed by atoms with van der Waals surface area (Å²) in [5.41, 5.74) is 2.94. The second kappa shape index (κ2) is 9.76. The molecule has 1 aliphatic rings. The van der Waals surface area contributed by atoms with Gasteiger partial charge in [-0.05, 0) is 66.9 Å². The normalized spacial score (nSPS) is 17.2. The molecule has 1 saturated heterocycles. The number of nitrogens with zero attached hydrogens (tertiary/aromatic N) is 2. The Hall–Kier alpha value is -3.68. The van der Waals surface area contributed by atoms with Crippen molar-refractivity contribution in [3.05, 3.63) is 94.0 Å². The zero-order valence-electron chi connectivity index (χ0n) is 19.7. The number of Topliss-reactive ketones (excluding diaryl/α,β-unsaturated/α-hetero) is 1. The molecular weight excluding hydrogens is 496 g/mol. The highest BCUT2D eigenvalue weighted by Crippen LogP contribution is 2.44. The number of aryl methyl sites for hydroxylation is 1. The lowest BCUT2D eigenvalue weighted by atomic mass is 9.94. The van der Waals surface area contributed by atoms with Crippen molar-refractivity contribution in [3.8, 4) is 5.75 Å². The number of ketones is 1. The molecule has 1 N–H and O–H groups in total. The van der Waals surface area contributed by atoms with Crippen LogP contribution in [0.4, 0.5) is 5.13 Å². The van der Waals surface area contributed by atoms with Crippen molar-refractivity contribution in [2.24, 2.45) is 0 Å². The van der Waals surface area contributed by atoms with E-state index in [9.17, 15) is 14.7 Å². The number of aromatic nitrogens is 1. The van der Waals surface area contributed by atoms with Crippen LogP contribution < -0.4 is 9.64 Å². The number of ether oxygens (including phenoxy) is 1. The second-order valence-electron chi connectivity index (χ2n) is 8.33. The minimum absolute atomic E-state index is 0.0147. The first-order valence-corrected chi connectivity index (χ1v) is 12.8. The quantitative estimate of drug-likeness (QED) is 0.178. The van der Waals surface area contributed by atoms with Crippen LogP contribution in [0.25, 0.3) is 16.0 Å². The fraction of sp³-hybridized carbons (Fsp3) is 0.179. The van der Waals surface area contributed by atoms with Gasteiger partial charge in [-0.1, -0.05) is 54.1 Å². The highest BCUT2D eigenvalue weighted by molar-refractivity contribution is 7.22. The fourth-order valence-electron chi connectivity index (χ4n) is 4.30. The van der Waals surface area contributed by atoms with Crippen molar-refractivity contribution < 1.29 is 19.4 Å². The average Bonchev–Trinajstić information content (AvgIpc) is 3.42. The third-order valence-corrected chi connectivity index (χ3v) is 7.40. The average molecular weight is 519 g/mol. The van der Waals surface area contributed by atoms with E-state index in [0.717, 1.165) is 16.7 Å². The Balaban J connectivity index is 1.68. The van der Waals surface area contributed by atoms with E-state index in [4.69, 9.17) is 16.3 Å². The lowest BCUT2D eigenvalue weighted by Gasteiger charge is -2.23. The summed E-state index contributed by atoms with van der Waals surface area (Å²) in [7, 11) is 0. The third-order valence-electron chi connectivity index (χ3n) is 6.13. The lowest BCUT2D eigenvalue weighted by Crippen LogP contribution is -2.29. The highest BCUT2D eigenvalue weighted by Gasteiger charge is 2.48. The van der Waals surface area contributed by atoms with Gasteiger partial charge >= 0.3 is 5.91 Å². The van der Waals surface area contributed by atoms with Gasteiger partial charge in [-0.25, -0.2) is 4.98 Å². The first-order chi connectivity index (χ1) is 17.4. The third kappa shape index (κ3) is 4.25. The van der Waals surface area contributed by atoms with Crippen molar-refractivity contribution in [2.45, 2.75) is 26.3 Å². The van der Waals surface area contributed by atoms with Gasteiger partial charge in [-0.3, -0.25) is 14.5 Å². The SMILES string of the molecule is CCOc1ccc2nc(N3C(=O)C(=O)C(=C(O)c4ccc(Cl)cc4)C3c3ccc(CC)cc3)sc2c1. The van der Waals surface area contributed by atoms with Crippen LogP contribution in [0.5, 0.6) is 5.75 Å². The van der Waals surface area contributed by atoms with Crippen LogP contribution in [0.15, 0.2) is 72.3 Å². The summed E-state index contributed by atoms with van der Waals surface area (Å²) in [6, 6.07) is 18.9. The zero-order valence-corrected chi connectivity index (χ0v) is 21.3. The predicted octanol–water partition coefficient (Wildman–Crippen LogP) is 6.54. The Morgan fingerprint density at radius 1 is 1.06 bits per heavy atom. The van der Waals surface area contributed by atoms with Gasteiger partial charge in [0.05, 0.1) is 28.4 Å². The van der Waals surface area contributed by atoms with Gasteiger partial charge in [-0.2, -0.15) is 0 Å². The number of hydrogen-bond donors (Lipinski definition) is 1. The molecule has 6 nitrogen and oxygen atoms in total. The number of amides is 1. The summed E-state index contributed by atoms with van der Waals surface area (Å²) in [5, 5.41) is 12.1. The Bertz CT molecular complexity index is 1490. The van der Waals surface area contributed by atoms with E-state index in [1.54, 1.807) is 24.3 Å². The summed E-state index contributed by atoms with van der Waals surface area (Å²) in [6.45, 7) is 4.50. The first-order valence-electron chi connectivity index (χ1n) is 11.6. The van der Waals surface area contributed by atoms with E-state index < -0.39 is 17.7 Å². The van der Waals surface area contributed by atoms with E-state index in [2.05, 4.69) is 11.9 Å². The predicted molar refractivity (Wildman–Crippen MR) is 143 cm³/mol. The molecule has 2 heterocycles. The number of fused-ring (bicyclic) bond motifs is 1. The van der Waals surface area contributed by atoms with Crippen LogP contribution in [0.3, 0.4) is 0 Å². The van der Waals surface area contributed by atoms with E-state index in [1.165, 1.54) is 16.2 Å². The maximum Gasteiger partial charge on any atom is 0.301 e. The number of rotatable bonds is 6. The molecule has 0 bridgehead atoms. The highest BCUT2D eigenvalue weighted by atomic mass is 35.5. The molecule has 1 unspecified atom stereocenters. The molecule has 1 atom stereocenters. The largest absolute Gasteiger partial charge is 0.507 e. The van der Waals surface area contributed by atoms with Gasteiger partial charge < -0.3 is 9.84 Å². The van der Waals surface area contributed by atoms with Crippen LogP contribution in [0, 0.1) is 0 Å². The minimum atomic E-state index is -0.835. The van der Waals surface area contributed by atoms with Gasteiger partial charge in [0.2, 0.25) is 0 Å². The molecule has 5 rings (SSSR count). The summed E-state index contributed by atoms with van der Waals surface area (Å²) in [5.74, 6) is -1.05. The van der Waals surface area contributed by atoms with Gasteiger partial charge in [0.1, 0.15) is 11.5 Å². The van der Waals surface area contributed by atoms with Crippen molar-refractivity contribution in [2.75, 3.05) is 11.5 Å². The van der Waals surface area contributed by atoms with Gasteiger partial charge in [0.25, 0.3) is 5.78 Å². The number of halogens is 1. The Morgan fingerprint density at radius 2 is 1.78 bits per heavy atom. The molecule has 4 aromatic rings. The number of carbonyl (C=O) groups is 2. The Kier molecular flexibility index (Phi) is 6.51. The lowest BCUT2D eigenvalue weighted by molar-refractivity contribution is -0.132. The smallest absolute Gasteiger partial charge is 0.301 e. The first kappa shape index (κ1) is 24.0. The topological polar surface area (TPSA) is 79.7 Å². The second-order valence-corrected chi connectivity index (χ2v) is 9.78. The fourth-order valence-corrected chi connectivity index (χ4v) is 5.44. The molecule has 1 aliphatic heterocycles. The molecule has 1 aromatic heterocycles. The summed E-state index contributed by atoms with van der Waals surface area (Å²) in [4.78, 5) is 32.8. The van der Waals surface area contributed by atoms with Crippen LogP contribution in [-0.4, -0.2) is 28.4 Å². The molecule has 0 saturated carbocycles. The maximum atomic E-state index is 13.4. The number of benzene rings is 3. The van der Waals surface area contributed by atoms with Crippen LogP contribution in [-0.2, 0) is 16.0 Å². The summed E-state index contributed by atoms with van der Waals surface area (Å²) >= 11 is 7.31. The molecular formula is C28H23ClN2O4S. The molecule has 0 spiro atoms. The van der Waals surface area contributed by atoms with Crippen molar-refractivity contribution in [3.63, 3.8) is 0 Å². The molecule has 0 aliphatic carbocycles. The van der Waals surface area contributed by atoms with E-state index >= 15 is 0 Å². The number of aliphatic hydroxyl groups is 1. The van der Waals surface area contributed by atoms with E-state index in [1.807, 2.05) is 49.4 Å². The van der Waals surface area contributed by atoms with Crippen molar-refractivity contribution >= 4 is 55.7 Å². The number of aliphatic hydroxyl groups excluding tert-OH is 1.